The molecule has 1 aliphatic rings. The molecule has 0 radical (unpaired) electrons. The molecule has 31 heavy (non-hydrogen) atoms. The van der Waals surface area contributed by atoms with Crippen LogP contribution in [0.5, 0.6) is 5.75 Å². The molecule has 166 valence electrons. The molecule has 0 aromatic heterocycles. The first-order valence-corrected chi connectivity index (χ1v) is 12.6. The maximum Gasteiger partial charge on any atom is 0.255 e. The van der Waals surface area contributed by atoms with Crippen LogP contribution in [-0.2, 0) is 10.0 Å². The fourth-order valence-corrected chi connectivity index (χ4v) is 6.24. The zero-order chi connectivity index (χ0) is 22.4. The van der Waals surface area contributed by atoms with E-state index in [2.05, 4.69) is 11.9 Å². The molecule has 2 aromatic carbocycles. The predicted molar refractivity (Wildman–Crippen MR) is 126 cm³/mol. The van der Waals surface area contributed by atoms with Crippen molar-refractivity contribution >= 4 is 33.4 Å². The normalized spacial score (nSPS) is 17.2. The Bertz CT molecular complexity index is 1050. The Kier molecular flexibility index (Phi) is 7.80. The van der Waals surface area contributed by atoms with Crippen LogP contribution in [0, 0.1) is 0 Å². The molecule has 1 amide bonds. The minimum atomic E-state index is -3.79. The standard InChI is InChI=1S/C23H28N2O4S2/c1-4-15-30-21-11-6-5-10-19(21)24-23(26)18-12-13-20(29-3)22(16-18)31(27,28)25-14-8-7-9-17(25)2/h4-6,10-13,16-17H,1,7-9,14-15H2,2-3H3,(H,24,26). The summed E-state index contributed by atoms with van der Waals surface area (Å²) >= 11 is 1.56. The first kappa shape index (κ1) is 23.4. The average Bonchev–Trinajstić information content (AvgIpc) is 2.78. The minimum Gasteiger partial charge on any atom is -0.495 e. The van der Waals surface area contributed by atoms with Gasteiger partial charge in [-0.2, -0.15) is 4.31 Å². The molecule has 0 aliphatic carbocycles. The Morgan fingerprint density at radius 1 is 1.29 bits per heavy atom. The molecule has 0 spiro atoms. The SMILES string of the molecule is C=CCSc1ccccc1NC(=O)c1ccc(OC)c(S(=O)(=O)N2CCCCC2C)c1. The van der Waals surface area contributed by atoms with Crippen molar-refractivity contribution in [3.63, 3.8) is 0 Å². The maximum atomic E-state index is 13.4. The molecule has 1 N–H and O–H groups in total. The van der Waals surface area contributed by atoms with Crippen LogP contribution in [0.1, 0.15) is 36.5 Å². The van der Waals surface area contributed by atoms with E-state index >= 15 is 0 Å². The van der Waals surface area contributed by atoms with Gasteiger partial charge in [-0.1, -0.05) is 24.6 Å². The number of hydrogen-bond acceptors (Lipinski definition) is 5. The number of para-hydroxylation sites is 1. The van der Waals surface area contributed by atoms with Crippen LogP contribution in [0.4, 0.5) is 5.69 Å². The van der Waals surface area contributed by atoms with Crippen LogP contribution < -0.4 is 10.1 Å². The molecule has 1 saturated heterocycles. The van der Waals surface area contributed by atoms with Gasteiger partial charge >= 0.3 is 0 Å². The van der Waals surface area contributed by atoms with Gasteiger partial charge in [-0.25, -0.2) is 8.42 Å². The van der Waals surface area contributed by atoms with E-state index in [-0.39, 0.29) is 28.2 Å². The number of nitrogens with zero attached hydrogens (tertiary/aromatic N) is 1. The summed E-state index contributed by atoms with van der Waals surface area (Å²) < 4.78 is 33.6. The van der Waals surface area contributed by atoms with Gasteiger partial charge < -0.3 is 10.1 Å². The number of carbonyl (C=O) groups is 1. The quantitative estimate of drug-likeness (QED) is 0.453. The lowest BCUT2D eigenvalue weighted by atomic mass is 10.1. The number of ether oxygens (including phenoxy) is 1. The number of nitrogens with one attached hydrogen (secondary N) is 1. The van der Waals surface area contributed by atoms with Gasteiger partial charge in [-0.15, -0.1) is 18.3 Å². The highest BCUT2D eigenvalue weighted by molar-refractivity contribution is 7.99. The summed E-state index contributed by atoms with van der Waals surface area (Å²) in [6.45, 7) is 6.11. The van der Waals surface area contributed by atoms with E-state index in [9.17, 15) is 13.2 Å². The molecule has 1 aliphatic heterocycles. The van der Waals surface area contributed by atoms with Crippen molar-refractivity contribution in [2.75, 3.05) is 24.7 Å². The number of rotatable bonds is 8. The third kappa shape index (κ3) is 5.31. The topological polar surface area (TPSA) is 75.7 Å². The van der Waals surface area contributed by atoms with E-state index < -0.39 is 10.0 Å². The Labute approximate surface area is 188 Å². The summed E-state index contributed by atoms with van der Waals surface area (Å²) in [6, 6.07) is 11.9. The Hall–Kier alpha value is -2.29. The summed E-state index contributed by atoms with van der Waals surface area (Å²) in [5.74, 6) is 0.569. The lowest BCUT2D eigenvalue weighted by molar-refractivity contribution is 0.102. The van der Waals surface area contributed by atoms with Gasteiger partial charge in [0.2, 0.25) is 10.0 Å². The molecule has 1 atom stereocenters. The van der Waals surface area contributed by atoms with E-state index in [4.69, 9.17) is 4.74 Å². The van der Waals surface area contributed by atoms with Gasteiger partial charge in [0.05, 0.1) is 12.8 Å². The van der Waals surface area contributed by atoms with Crippen molar-refractivity contribution in [2.45, 2.75) is 42.0 Å². The highest BCUT2D eigenvalue weighted by atomic mass is 32.2. The molecule has 0 saturated carbocycles. The molecular weight excluding hydrogens is 432 g/mol. The van der Waals surface area contributed by atoms with E-state index in [1.165, 1.54) is 23.5 Å². The van der Waals surface area contributed by atoms with Crippen LogP contribution >= 0.6 is 11.8 Å². The largest absolute Gasteiger partial charge is 0.495 e. The van der Waals surface area contributed by atoms with Crippen molar-refractivity contribution in [1.29, 1.82) is 0 Å². The van der Waals surface area contributed by atoms with Gasteiger partial charge in [-0.05, 0) is 50.1 Å². The van der Waals surface area contributed by atoms with Crippen LogP contribution in [0.25, 0.3) is 0 Å². The molecule has 1 fully saturated rings. The second-order valence-corrected chi connectivity index (χ2v) is 10.3. The van der Waals surface area contributed by atoms with Crippen LogP contribution in [0.2, 0.25) is 0 Å². The van der Waals surface area contributed by atoms with Crippen LogP contribution in [-0.4, -0.2) is 44.1 Å². The average molecular weight is 461 g/mol. The van der Waals surface area contributed by atoms with Crippen molar-refractivity contribution in [1.82, 2.24) is 4.31 Å². The van der Waals surface area contributed by atoms with Crippen LogP contribution in [0.15, 0.2) is 64.9 Å². The first-order chi connectivity index (χ1) is 14.9. The summed E-state index contributed by atoms with van der Waals surface area (Å²) in [4.78, 5) is 13.9. The zero-order valence-corrected chi connectivity index (χ0v) is 19.5. The van der Waals surface area contributed by atoms with Crippen molar-refractivity contribution in [2.24, 2.45) is 0 Å². The third-order valence-electron chi connectivity index (χ3n) is 5.25. The number of carbonyl (C=O) groups excluding carboxylic acids is 1. The van der Waals surface area contributed by atoms with Gasteiger partial charge in [0.1, 0.15) is 10.6 Å². The predicted octanol–water partition coefficient (Wildman–Crippen LogP) is 4.79. The molecule has 6 nitrogen and oxygen atoms in total. The van der Waals surface area contributed by atoms with Crippen molar-refractivity contribution in [3.8, 4) is 5.75 Å². The fraction of sp³-hybridized carbons (Fsp3) is 0.348. The lowest BCUT2D eigenvalue weighted by Gasteiger charge is -2.32. The number of amides is 1. The zero-order valence-electron chi connectivity index (χ0n) is 17.8. The molecule has 8 heteroatoms. The Morgan fingerprint density at radius 3 is 2.77 bits per heavy atom. The molecular formula is C23H28N2O4S2. The number of methoxy groups -OCH3 is 1. The van der Waals surface area contributed by atoms with E-state index in [0.29, 0.717) is 18.0 Å². The Balaban J connectivity index is 1.92. The monoisotopic (exact) mass is 460 g/mol. The summed E-state index contributed by atoms with van der Waals surface area (Å²) in [6.07, 6.45) is 4.45. The number of hydrogen-bond donors (Lipinski definition) is 1. The van der Waals surface area contributed by atoms with Gasteiger partial charge in [0.15, 0.2) is 0 Å². The van der Waals surface area contributed by atoms with Crippen LogP contribution in [0.3, 0.4) is 0 Å². The van der Waals surface area contributed by atoms with E-state index in [0.717, 1.165) is 24.2 Å². The van der Waals surface area contributed by atoms with Crippen molar-refractivity contribution in [3.05, 3.63) is 60.7 Å². The van der Waals surface area contributed by atoms with Crippen molar-refractivity contribution < 1.29 is 17.9 Å². The second kappa shape index (κ2) is 10.3. The molecule has 1 unspecified atom stereocenters. The summed E-state index contributed by atoms with van der Waals surface area (Å²) in [7, 11) is -2.36. The summed E-state index contributed by atoms with van der Waals surface area (Å²) in [5, 5.41) is 2.90. The highest BCUT2D eigenvalue weighted by Crippen LogP contribution is 2.32. The lowest BCUT2D eigenvalue weighted by Crippen LogP contribution is -2.42. The van der Waals surface area contributed by atoms with E-state index in [1.54, 1.807) is 23.9 Å². The third-order valence-corrected chi connectivity index (χ3v) is 8.35. The number of sulfonamides is 1. The first-order valence-electron chi connectivity index (χ1n) is 10.2. The molecule has 0 bridgehead atoms. The van der Waals surface area contributed by atoms with Gasteiger partial charge in [-0.3, -0.25) is 4.79 Å². The molecule has 2 aromatic rings. The molecule has 1 heterocycles. The number of anilines is 1. The number of thioether (sulfide) groups is 1. The van der Waals surface area contributed by atoms with Gasteiger partial charge in [0, 0.05) is 28.8 Å². The summed E-state index contributed by atoms with van der Waals surface area (Å²) in [5.41, 5.74) is 0.928. The minimum absolute atomic E-state index is 0.0192. The Morgan fingerprint density at radius 2 is 2.06 bits per heavy atom. The molecule has 3 rings (SSSR count). The highest BCUT2D eigenvalue weighted by Gasteiger charge is 2.33. The van der Waals surface area contributed by atoms with Gasteiger partial charge in [0.25, 0.3) is 5.91 Å². The maximum absolute atomic E-state index is 13.4. The smallest absolute Gasteiger partial charge is 0.255 e. The van der Waals surface area contributed by atoms with E-state index in [1.807, 2.05) is 31.2 Å². The second-order valence-electron chi connectivity index (χ2n) is 7.38. The fourth-order valence-electron chi connectivity index (χ4n) is 3.61. The number of benzene rings is 2. The number of piperidine rings is 1.